The number of rotatable bonds is 4. The summed E-state index contributed by atoms with van der Waals surface area (Å²) < 4.78 is 10.3. The number of carbonyl (C=O) groups excluding carboxylic acids is 1. The van der Waals surface area contributed by atoms with Crippen LogP contribution in [0, 0.1) is 0 Å². The van der Waals surface area contributed by atoms with Crippen LogP contribution < -0.4 is 5.73 Å². The van der Waals surface area contributed by atoms with E-state index in [4.69, 9.17) is 14.9 Å². The molecule has 5 heteroatoms. The molecule has 0 amide bonds. The molecule has 1 atom stereocenters. The maximum Gasteiger partial charge on any atom is 0.323 e. The minimum atomic E-state index is -0.733. The summed E-state index contributed by atoms with van der Waals surface area (Å²) in [6.07, 6.45) is 0.244. The standard InChI is InChI=1S/C12H14N2O3/c1-2-16-12(15)8(13)7-11-14-9-5-3-4-6-10(9)17-11/h3-6,8H,2,7,13H2,1H3/t8-/m0/s1. The van der Waals surface area contributed by atoms with Crippen molar-refractivity contribution in [3.8, 4) is 0 Å². The summed E-state index contributed by atoms with van der Waals surface area (Å²) in [6.45, 7) is 2.06. The van der Waals surface area contributed by atoms with Crippen molar-refractivity contribution in [2.45, 2.75) is 19.4 Å². The molecule has 0 unspecified atom stereocenters. The van der Waals surface area contributed by atoms with Gasteiger partial charge in [0.05, 0.1) is 13.0 Å². The quantitative estimate of drug-likeness (QED) is 0.806. The molecule has 2 rings (SSSR count). The fourth-order valence-corrected chi connectivity index (χ4v) is 1.53. The number of carbonyl (C=O) groups is 1. The third-order valence-electron chi connectivity index (χ3n) is 2.32. The van der Waals surface area contributed by atoms with E-state index in [-0.39, 0.29) is 6.42 Å². The number of benzene rings is 1. The number of aromatic nitrogens is 1. The lowest BCUT2D eigenvalue weighted by Crippen LogP contribution is -2.34. The van der Waals surface area contributed by atoms with Gasteiger partial charge in [-0.2, -0.15) is 0 Å². The number of para-hydroxylation sites is 2. The first kappa shape index (κ1) is 11.6. The zero-order valence-corrected chi connectivity index (χ0v) is 9.55. The lowest BCUT2D eigenvalue weighted by Gasteiger charge is -2.07. The second-order valence-electron chi connectivity index (χ2n) is 3.64. The van der Waals surface area contributed by atoms with Crippen molar-refractivity contribution in [3.05, 3.63) is 30.2 Å². The maximum atomic E-state index is 11.3. The van der Waals surface area contributed by atoms with E-state index in [1.54, 1.807) is 6.92 Å². The highest BCUT2D eigenvalue weighted by Crippen LogP contribution is 2.15. The minimum Gasteiger partial charge on any atom is -0.465 e. The molecule has 0 fully saturated rings. The molecule has 1 aromatic carbocycles. The minimum absolute atomic E-state index is 0.244. The van der Waals surface area contributed by atoms with Crippen LogP contribution in [-0.4, -0.2) is 23.6 Å². The van der Waals surface area contributed by atoms with E-state index in [0.717, 1.165) is 5.52 Å². The van der Waals surface area contributed by atoms with Crippen LogP contribution in [0.4, 0.5) is 0 Å². The van der Waals surface area contributed by atoms with Gasteiger partial charge in [-0.05, 0) is 19.1 Å². The topological polar surface area (TPSA) is 78.4 Å². The molecule has 2 aromatic rings. The van der Waals surface area contributed by atoms with Crippen LogP contribution >= 0.6 is 0 Å². The first-order chi connectivity index (χ1) is 8.20. The van der Waals surface area contributed by atoms with Crippen LogP contribution in [0.5, 0.6) is 0 Å². The average molecular weight is 234 g/mol. The van der Waals surface area contributed by atoms with Crippen molar-refractivity contribution in [2.75, 3.05) is 6.61 Å². The van der Waals surface area contributed by atoms with Gasteiger partial charge in [0.15, 0.2) is 11.5 Å². The van der Waals surface area contributed by atoms with Gasteiger partial charge in [0.2, 0.25) is 0 Å². The molecule has 0 radical (unpaired) electrons. The Morgan fingerprint density at radius 2 is 2.29 bits per heavy atom. The van der Waals surface area contributed by atoms with E-state index in [1.807, 2.05) is 24.3 Å². The normalized spacial score (nSPS) is 12.6. The van der Waals surface area contributed by atoms with E-state index in [1.165, 1.54) is 0 Å². The monoisotopic (exact) mass is 234 g/mol. The van der Waals surface area contributed by atoms with Crippen LogP contribution in [0.1, 0.15) is 12.8 Å². The first-order valence-electron chi connectivity index (χ1n) is 5.47. The summed E-state index contributed by atoms with van der Waals surface area (Å²) in [5.41, 5.74) is 7.14. The summed E-state index contributed by atoms with van der Waals surface area (Å²) in [5, 5.41) is 0. The molecular formula is C12H14N2O3. The molecule has 5 nitrogen and oxygen atoms in total. The third kappa shape index (κ3) is 2.62. The number of esters is 1. The first-order valence-corrected chi connectivity index (χ1v) is 5.47. The molecule has 0 saturated carbocycles. The molecule has 1 aromatic heterocycles. The van der Waals surface area contributed by atoms with Gasteiger partial charge < -0.3 is 14.9 Å². The Bertz CT molecular complexity index is 488. The van der Waals surface area contributed by atoms with Gasteiger partial charge in [0.1, 0.15) is 11.6 Å². The Kier molecular flexibility index (Phi) is 3.39. The molecular weight excluding hydrogens is 220 g/mol. The van der Waals surface area contributed by atoms with Crippen molar-refractivity contribution >= 4 is 17.1 Å². The van der Waals surface area contributed by atoms with Crippen LogP contribution in [0.3, 0.4) is 0 Å². The Balaban J connectivity index is 2.10. The Morgan fingerprint density at radius 1 is 1.53 bits per heavy atom. The van der Waals surface area contributed by atoms with Crippen molar-refractivity contribution < 1.29 is 13.9 Å². The number of hydrogen-bond donors (Lipinski definition) is 1. The predicted octanol–water partition coefficient (Wildman–Crippen LogP) is 1.26. The Morgan fingerprint density at radius 3 is 3.00 bits per heavy atom. The second kappa shape index (κ2) is 4.97. The third-order valence-corrected chi connectivity index (χ3v) is 2.32. The molecule has 1 heterocycles. The van der Waals surface area contributed by atoms with Crippen molar-refractivity contribution in [1.82, 2.24) is 4.98 Å². The van der Waals surface area contributed by atoms with Crippen molar-refractivity contribution in [2.24, 2.45) is 5.73 Å². The second-order valence-corrected chi connectivity index (χ2v) is 3.64. The predicted molar refractivity (Wildman–Crippen MR) is 62.3 cm³/mol. The summed E-state index contributed by atoms with van der Waals surface area (Å²) in [6, 6.07) is 6.67. The van der Waals surface area contributed by atoms with Crippen molar-refractivity contribution in [1.29, 1.82) is 0 Å². The molecule has 0 bridgehead atoms. The highest BCUT2D eigenvalue weighted by molar-refractivity contribution is 5.76. The lowest BCUT2D eigenvalue weighted by atomic mass is 10.2. The van der Waals surface area contributed by atoms with Gasteiger partial charge in [-0.1, -0.05) is 12.1 Å². The highest BCUT2D eigenvalue weighted by Gasteiger charge is 2.18. The van der Waals surface area contributed by atoms with Crippen LogP contribution in [-0.2, 0) is 16.0 Å². The smallest absolute Gasteiger partial charge is 0.323 e. The van der Waals surface area contributed by atoms with Gasteiger partial charge >= 0.3 is 5.97 Å². The fourth-order valence-electron chi connectivity index (χ4n) is 1.53. The van der Waals surface area contributed by atoms with Crippen molar-refractivity contribution in [3.63, 3.8) is 0 Å². The molecule has 2 N–H and O–H groups in total. The highest BCUT2D eigenvalue weighted by atomic mass is 16.5. The molecule has 0 saturated heterocycles. The van der Waals surface area contributed by atoms with Gasteiger partial charge in [-0.25, -0.2) is 4.98 Å². The van der Waals surface area contributed by atoms with E-state index in [9.17, 15) is 4.79 Å². The SMILES string of the molecule is CCOC(=O)[C@@H](N)Cc1nc2ccccc2o1. The van der Waals surface area contributed by atoms with Crippen LogP contribution in [0.2, 0.25) is 0 Å². The maximum absolute atomic E-state index is 11.3. The number of fused-ring (bicyclic) bond motifs is 1. The zero-order chi connectivity index (χ0) is 12.3. The van der Waals surface area contributed by atoms with Gasteiger partial charge in [-0.3, -0.25) is 4.79 Å². The Hall–Kier alpha value is -1.88. The lowest BCUT2D eigenvalue weighted by molar-refractivity contribution is -0.144. The van der Waals surface area contributed by atoms with E-state index in [2.05, 4.69) is 4.98 Å². The van der Waals surface area contributed by atoms with Gasteiger partial charge in [0.25, 0.3) is 0 Å². The van der Waals surface area contributed by atoms with Gasteiger partial charge in [0, 0.05) is 0 Å². The molecule has 0 aliphatic carbocycles. The van der Waals surface area contributed by atoms with E-state index < -0.39 is 12.0 Å². The number of ether oxygens (including phenoxy) is 1. The van der Waals surface area contributed by atoms with Gasteiger partial charge in [-0.15, -0.1) is 0 Å². The number of hydrogen-bond acceptors (Lipinski definition) is 5. The molecule has 90 valence electrons. The molecule has 0 spiro atoms. The summed E-state index contributed by atoms with van der Waals surface area (Å²) >= 11 is 0. The molecule has 0 aliphatic heterocycles. The molecule has 17 heavy (non-hydrogen) atoms. The van der Waals surface area contributed by atoms with E-state index >= 15 is 0 Å². The van der Waals surface area contributed by atoms with Crippen LogP contribution in [0.15, 0.2) is 28.7 Å². The van der Waals surface area contributed by atoms with E-state index in [0.29, 0.717) is 18.1 Å². The zero-order valence-electron chi connectivity index (χ0n) is 9.55. The largest absolute Gasteiger partial charge is 0.465 e. The summed E-state index contributed by atoms with van der Waals surface area (Å²) in [5.74, 6) is 0.0153. The average Bonchev–Trinajstić information content (AvgIpc) is 2.71. The number of oxazole rings is 1. The fraction of sp³-hybridized carbons (Fsp3) is 0.333. The van der Waals surface area contributed by atoms with Crippen LogP contribution in [0.25, 0.3) is 11.1 Å². The molecule has 0 aliphatic rings. The summed E-state index contributed by atoms with van der Waals surface area (Å²) in [4.78, 5) is 15.6. The number of nitrogens with zero attached hydrogens (tertiary/aromatic N) is 1. The summed E-state index contributed by atoms with van der Waals surface area (Å²) in [7, 11) is 0. The Labute approximate surface area is 98.6 Å². The number of nitrogens with two attached hydrogens (primary N) is 1.